The predicted molar refractivity (Wildman–Crippen MR) is 97.0 cm³/mol. The Hall–Kier alpha value is -2.53. The number of amides is 1. The lowest BCUT2D eigenvalue weighted by Gasteiger charge is -2.14. The van der Waals surface area contributed by atoms with Gasteiger partial charge < -0.3 is 14.8 Å². The Morgan fingerprint density at radius 1 is 1.08 bits per heavy atom. The van der Waals surface area contributed by atoms with Crippen LogP contribution in [0, 0.1) is 0 Å². The molecule has 132 valence electrons. The molecule has 2 rings (SSSR count). The Morgan fingerprint density at radius 2 is 1.72 bits per heavy atom. The van der Waals surface area contributed by atoms with E-state index in [-0.39, 0.29) is 6.61 Å². The summed E-state index contributed by atoms with van der Waals surface area (Å²) in [6.07, 6.45) is 0.0926. The summed E-state index contributed by atoms with van der Waals surface area (Å²) in [5, 5.41) is 3.25. The van der Waals surface area contributed by atoms with Crippen molar-refractivity contribution in [2.45, 2.75) is 26.4 Å². The van der Waals surface area contributed by atoms with Gasteiger partial charge in [-0.3, -0.25) is 4.79 Å². The van der Waals surface area contributed by atoms with Gasteiger partial charge in [-0.15, -0.1) is 0 Å². The average Bonchev–Trinajstić information content (AvgIpc) is 2.62. The topological polar surface area (TPSA) is 64.6 Å². The molecule has 0 fully saturated rings. The SMILES string of the molecule is CCc1ccc(NC(=O)COC(=O)[C@@H](C)Oc2ccc(Cl)cc2)cc1. The lowest BCUT2D eigenvalue weighted by Crippen LogP contribution is -2.29. The summed E-state index contributed by atoms with van der Waals surface area (Å²) >= 11 is 5.79. The highest BCUT2D eigenvalue weighted by Crippen LogP contribution is 2.17. The first kappa shape index (κ1) is 18.8. The second kappa shape index (κ2) is 9.08. The maximum absolute atomic E-state index is 11.9. The van der Waals surface area contributed by atoms with Gasteiger partial charge in [0, 0.05) is 10.7 Å². The molecule has 1 atom stereocenters. The van der Waals surface area contributed by atoms with Crippen molar-refractivity contribution in [3.8, 4) is 5.75 Å². The van der Waals surface area contributed by atoms with Gasteiger partial charge >= 0.3 is 5.97 Å². The third-order valence-corrected chi connectivity index (χ3v) is 3.70. The van der Waals surface area contributed by atoms with Crippen LogP contribution in [-0.4, -0.2) is 24.6 Å². The first-order valence-corrected chi connectivity index (χ1v) is 8.33. The molecule has 0 aromatic heterocycles. The van der Waals surface area contributed by atoms with Crippen LogP contribution in [0.15, 0.2) is 48.5 Å². The van der Waals surface area contributed by atoms with Crippen molar-refractivity contribution in [2.75, 3.05) is 11.9 Å². The fourth-order valence-corrected chi connectivity index (χ4v) is 2.17. The zero-order valence-electron chi connectivity index (χ0n) is 14.1. The second-order valence-corrected chi connectivity index (χ2v) is 5.86. The number of aryl methyl sites for hydroxylation is 1. The fourth-order valence-electron chi connectivity index (χ4n) is 2.04. The van der Waals surface area contributed by atoms with Crippen molar-refractivity contribution in [3.63, 3.8) is 0 Å². The van der Waals surface area contributed by atoms with Crippen molar-refractivity contribution < 1.29 is 19.1 Å². The van der Waals surface area contributed by atoms with Gasteiger partial charge in [-0.05, 0) is 55.3 Å². The highest BCUT2D eigenvalue weighted by molar-refractivity contribution is 6.30. The Labute approximate surface area is 151 Å². The molecule has 2 aromatic carbocycles. The number of carbonyl (C=O) groups excluding carboxylic acids is 2. The normalized spacial score (nSPS) is 11.5. The number of nitrogens with one attached hydrogen (secondary N) is 1. The van der Waals surface area contributed by atoms with Crippen molar-refractivity contribution in [2.24, 2.45) is 0 Å². The van der Waals surface area contributed by atoms with Crippen LogP contribution >= 0.6 is 11.6 Å². The fraction of sp³-hybridized carbons (Fsp3) is 0.263. The van der Waals surface area contributed by atoms with E-state index in [1.165, 1.54) is 5.56 Å². The van der Waals surface area contributed by atoms with E-state index in [4.69, 9.17) is 21.1 Å². The van der Waals surface area contributed by atoms with Gasteiger partial charge in [-0.1, -0.05) is 30.7 Å². The Kier molecular flexibility index (Phi) is 6.83. The van der Waals surface area contributed by atoms with Crippen LogP contribution in [0.25, 0.3) is 0 Å². The van der Waals surface area contributed by atoms with Crippen LogP contribution in [0.3, 0.4) is 0 Å². The maximum atomic E-state index is 11.9. The Balaban J connectivity index is 1.77. The van der Waals surface area contributed by atoms with Crippen molar-refractivity contribution in [1.29, 1.82) is 0 Å². The summed E-state index contributed by atoms with van der Waals surface area (Å²) in [7, 11) is 0. The van der Waals surface area contributed by atoms with Crippen LogP contribution in [0.4, 0.5) is 5.69 Å². The van der Waals surface area contributed by atoms with Crippen molar-refractivity contribution in [3.05, 3.63) is 59.1 Å². The maximum Gasteiger partial charge on any atom is 0.347 e. The first-order chi connectivity index (χ1) is 12.0. The molecule has 0 aliphatic rings. The third kappa shape index (κ3) is 6.12. The lowest BCUT2D eigenvalue weighted by atomic mass is 10.1. The molecule has 25 heavy (non-hydrogen) atoms. The molecule has 1 amide bonds. The molecule has 1 N–H and O–H groups in total. The summed E-state index contributed by atoms with van der Waals surface area (Å²) in [4.78, 5) is 23.7. The van der Waals surface area contributed by atoms with Crippen LogP contribution < -0.4 is 10.1 Å². The largest absolute Gasteiger partial charge is 0.479 e. The molecular weight excluding hydrogens is 342 g/mol. The Bertz CT molecular complexity index is 713. The number of esters is 1. The molecule has 0 bridgehead atoms. The minimum atomic E-state index is -0.835. The molecule has 6 heteroatoms. The molecule has 0 heterocycles. The highest BCUT2D eigenvalue weighted by Gasteiger charge is 2.17. The van der Waals surface area contributed by atoms with Crippen LogP contribution in [-0.2, 0) is 20.7 Å². The standard InChI is InChI=1S/C19H20ClNO4/c1-3-14-4-8-16(9-5-14)21-18(22)12-24-19(23)13(2)25-17-10-6-15(20)7-11-17/h4-11,13H,3,12H2,1-2H3,(H,21,22)/t13-/m1/s1. The average molecular weight is 362 g/mol. The summed E-state index contributed by atoms with van der Waals surface area (Å²) in [6.45, 7) is 3.24. The predicted octanol–water partition coefficient (Wildman–Crippen LogP) is 3.85. The summed E-state index contributed by atoms with van der Waals surface area (Å²) in [5.41, 5.74) is 1.83. The number of rotatable bonds is 7. The minimum absolute atomic E-state index is 0.372. The molecular formula is C19H20ClNO4. The van der Waals surface area contributed by atoms with E-state index in [1.54, 1.807) is 31.2 Å². The molecule has 2 aromatic rings. The van der Waals surface area contributed by atoms with E-state index in [1.807, 2.05) is 24.3 Å². The van der Waals surface area contributed by atoms with Crippen LogP contribution in [0.5, 0.6) is 5.75 Å². The van der Waals surface area contributed by atoms with Crippen molar-refractivity contribution >= 4 is 29.2 Å². The van der Waals surface area contributed by atoms with Gasteiger partial charge in [-0.2, -0.15) is 0 Å². The second-order valence-electron chi connectivity index (χ2n) is 5.42. The van der Waals surface area contributed by atoms with Gasteiger partial charge in [0.2, 0.25) is 0 Å². The molecule has 0 radical (unpaired) electrons. The van der Waals surface area contributed by atoms with Crippen molar-refractivity contribution in [1.82, 2.24) is 0 Å². The quantitative estimate of drug-likeness (QED) is 0.761. The van der Waals surface area contributed by atoms with E-state index >= 15 is 0 Å². The first-order valence-electron chi connectivity index (χ1n) is 7.95. The van der Waals surface area contributed by atoms with Gasteiger partial charge in [0.1, 0.15) is 5.75 Å². The van der Waals surface area contributed by atoms with E-state index in [9.17, 15) is 9.59 Å². The number of hydrogen-bond donors (Lipinski definition) is 1. The Morgan fingerprint density at radius 3 is 2.32 bits per heavy atom. The molecule has 0 spiro atoms. The lowest BCUT2D eigenvalue weighted by molar-refractivity contribution is -0.153. The smallest absolute Gasteiger partial charge is 0.347 e. The highest BCUT2D eigenvalue weighted by atomic mass is 35.5. The van der Waals surface area contributed by atoms with E-state index in [0.29, 0.717) is 16.5 Å². The molecule has 0 saturated carbocycles. The monoisotopic (exact) mass is 361 g/mol. The summed E-state index contributed by atoms with van der Waals surface area (Å²) in [5.74, 6) is -0.531. The number of halogens is 1. The molecule has 0 unspecified atom stereocenters. The number of ether oxygens (including phenoxy) is 2. The van der Waals surface area contributed by atoms with Crippen LogP contribution in [0.2, 0.25) is 5.02 Å². The molecule has 0 aliphatic heterocycles. The van der Waals surface area contributed by atoms with Gasteiger partial charge in [0.25, 0.3) is 5.91 Å². The van der Waals surface area contributed by atoms with E-state index < -0.39 is 18.0 Å². The van der Waals surface area contributed by atoms with Gasteiger partial charge in [0.15, 0.2) is 12.7 Å². The number of hydrogen-bond acceptors (Lipinski definition) is 4. The summed E-state index contributed by atoms with van der Waals surface area (Å²) in [6, 6.07) is 14.1. The number of benzene rings is 2. The molecule has 0 aliphatic carbocycles. The van der Waals surface area contributed by atoms with Gasteiger partial charge in [0.05, 0.1) is 0 Å². The molecule has 0 saturated heterocycles. The zero-order chi connectivity index (χ0) is 18.2. The number of anilines is 1. The minimum Gasteiger partial charge on any atom is -0.479 e. The summed E-state index contributed by atoms with van der Waals surface area (Å²) < 4.78 is 10.4. The van der Waals surface area contributed by atoms with E-state index in [2.05, 4.69) is 12.2 Å². The van der Waals surface area contributed by atoms with Crippen LogP contribution in [0.1, 0.15) is 19.4 Å². The third-order valence-electron chi connectivity index (χ3n) is 3.45. The number of carbonyl (C=O) groups is 2. The van der Waals surface area contributed by atoms with E-state index in [0.717, 1.165) is 6.42 Å². The molecule has 5 nitrogen and oxygen atoms in total. The zero-order valence-corrected chi connectivity index (χ0v) is 14.9. The van der Waals surface area contributed by atoms with Gasteiger partial charge in [-0.25, -0.2) is 4.79 Å².